The molecule has 1 aliphatic rings. The predicted molar refractivity (Wildman–Crippen MR) is 105 cm³/mol. The maximum absolute atomic E-state index is 13.4. The number of oxazole rings is 1. The van der Waals surface area contributed by atoms with Gasteiger partial charge in [0.2, 0.25) is 5.89 Å². The summed E-state index contributed by atoms with van der Waals surface area (Å²) in [6.07, 6.45) is 4.06. The molecular weight excluding hydrogens is 368 g/mol. The van der Waals surface area contributed by atoms with Crippen molar-refractivity contribution in [2.75, 3.05) is 6.54 Å². The fourth-order valence-electron chi connectivity index (χ4n) is 3.82. The number of fused-ring (bicyclic) bond motifs is 2. The average molecular weight is 388 g/mol. The van der Waals surface area contributed by atoms with Crippen LogP contribution in [-0.2, 0) is 13.0 Å². The van der Waals surface area contributed by atoms with E-state index >= 15 is 0 Å². The standard InChI is InChI=1S/C21H20N6O2/c1-12-9-13(2)27-19(23-12)18(14(3)25-27)21(28)26-8-6-17-16(11-26)24-20(29-17)15-5-4-7-22-10-15/h4-5,7,9-10H,6,8,11H2,1-3H3. The van der Waals surface area contributed by atoms with Gasteiger partial charge in [-0.05, 0) is 39.0 Å². The van der Waals surface area contributed by atoms with Gasteiger partial charge in [-0.1, -0.05) is 0 Å². The second-order valence-corrected chi connectivity index (χ2v) is 7.34. The molecule has 4 aromatic heterocycles. The molecule has 0 N–H and O–H groups in total. The molecule has 0 radical (unpaired) electrons. The third-order valence-electron chi connectivity index (χ3n) is 5.21. The maximum atomic E-state index is 13.4. The Morgan fingerprint density at radius 1 is 1.21 bits per heavy atom. The van der Waals surface area contributed by atoms with Crippen molar-refractivity contribution in [2.24, 2.45) is 0 Å². The van der Waals surface area contributed by atoms with E-state index in [1.165, 1.54) is 0 Å². The fourth-order valence-corrected chi connectivity index (χ4v) is 3.82. The van der Waals surface area contributed by atoms with Gasteiger partial charge in [-0.3, -0.25) is 9.78 Å². The number of nitrogens with zero attached hydrogens (tertiary/aromatic N) is 6. The first-order valence-corrected chi connectivity index (χ1v) is 9.53. The molecule has 0 saturated heterocycles. The second kappa shape index (κ2) is 6.51. The lowest BCUT2D eigenvalue weighted by atomic mass is 10.1. The Kier molecular flexibility index (Phi) is 3.94. The van der Waals surface area contributed by atoms with Crippen LogP contribution in [0.4, 0.5) is 0 Å². The molecule has 0 aromatic carbocycles. The molecule has 5 heterocycles. The zero-order valence-electron chi connectivity index (χ0n) is 16.5. The molecule has 8 nitrogen and oxygen atoms in total. The third-order valence-corrected chi connectivity index (χ3v) is 5.21. The molecule has 0 spiro atoms. The Labute approximate surface area is 167 Å². The van der Waals surface area contributed by atoms with Gasteiger partial charge in [-0.15, -0.1) is 0 Å². The highest BCUT2D eigenvalue weighted by Crippen LogP contribution is 2.27. The first-order chi connectivity index (χ1) is 14.0. The van der Waals surface area contributed by atoms with Crippen molar-refractivity contribution in [1.29, 1.82) is 0 Å². The summed E-state index contributed by atoms with van der Waals surface area (Å²) in [5.41, 5.74) is 5.27. The lowest BCUT2D eigenvalue weighted by molar-refractivity contribution is 0.0729. The van der Waals surface area contributed by atoms with Crippen molar-refractivity contribution in [3.63, 3.8) is 0 Å². The van der Waals surface area contributed by atoms with Crippen molar-refractivity contribution < 1.29 is 9.21 Å². The number of amides is 1. The number of aryl methyl sites for hydroxylation is 3. The zero-order valence-corrected chi connectivity index (χ0v) is 16.5. The Morgan fingerprint density at radius 2 is 2.07 bits per heavy atom. The van der Waals surface area contributed by atoms with Gasteiger partial charge in [0.15, 0.2) is 5.65 Å². The van der Waals surface area contributed by atoms with Gasteiger partial charge in [-0.2, -0.15) is 5.10 Å². The average Bonchev–Trinajstić information content (AvgIpc) is 3.28. The largest absolute Gasteiger partial charge is 0.441 e. The molecule has 146 valence electrons. The zero-order chi connectivity index (χ0) is 20.1. The van der Waals surface area contributed by atoms with Gasteiger partial charge in [0, 0.05) is 36.7 Å². The minimum atomic E-state index is -0.0772. The molecule has 0 unspecified atom stereocenters. The Hall–Kier alpha value is -3.55. The van der Waals surface area contributed by atoms with Gasteiger partial charge >= 0.3 is 0 Å². The summed E-state index contributed by atoms with van der Waals surface area (Å²) in [6, 6.07) is 5.71. The normalized spacial score (nSPS) is 13.7. The van der Waals surface area contributed by atoms with Crippen LogP contribution in [0, 0.1) is 20.8 Å². The van der Waals surface area contributed by atoms with Crippen molar-refractivity contribution in [3.8, 4) is 11.5 Å². The molecule has 0 aliphatic carbocycles. The predicted octanol–water partition coefficient (Wildman–Crippen LogP) is 2.90. The minimum Gasteiger partial charge on any atom is -0.441 e. The van der Waals surface area contributed by atoms with Crippen LogP contribution in [0.2, 0.25) is 0 Å². The number of aromatic nitrogens is 5. The van der Waals surface area contributed by atoms with Gasteiger partial charge in [0.05, 0.1) is 17.8 Å². The van der Waals surface area contributed by atoms with Gasteiger partial charge in [-0.25, -0.2) is 14.5 Å². The summed E-state index contributed by atoms with van der Waals surface area (Å²) in [7, 11) is 0. The summed E-state index contributed by atoms with van der Waals surface area (Å²) in [5.74, 6) is 1.29. The van der Waals surface area contributed by atoms with E-state index in [4.69, 9.17) is 4.42 Å². The van der Waals surface area contributed by atoms with E-state index in [9.17, 15) is 4.79 Å². The third kappa shape index (κ3) is 2.88. The molecular formula is C21H20N6O2. The van der Waals surface area contributed by atoms with Crippen LogP contribution in [0.5, 0.6) is 0 Å². The number of hydrogen-bond donors (Lipinski definition) is 0. The molecule has 1 amide bonds. The summed E-state index contributed by atoms with van der Waals surface area (Å²) >= 11 is 0. The van der Waals surface area contributed by atoms with E-state index in [0.717, 1.165) is 28.4 Å². The summed E-state index contributed by atoms with van der Waals surface area (Å²) < 4.78 is 7.66. The summed E-state index contributed by atoms with van der Waals surface area (Å²) in [4.78, 5) is 28.5. The highest BCUT2D eigenvalue weighted by Gasteiger charge is 2.30. The van der Waals surface area contributed by atoms with Crippen LogP contribution >= 0.6 is 0 Å². The van der Waals surface area contributed by atoms with Gasteiger partial charge < -0.3 is 9.32 Å². The summed E-state index contributed by atoms with van der Waals surface area (Å²) in [6.45, 7) is 6.70. The van der Waals surface area contributed by atoms with Crippen LogP contribution in [0.1, 0.15) is 38.9 Å². The molecule has 0 atom stereocenters. The Bertz CT molecular complexity index is 1240. The molecule has 0 bridgehead atoms. The molecule has 0 saturated carbocycles. The van der Waals surface area contributed by atoms with Crippen LogP contribution in [0.3, 0.4) is 0 Å². The van der Waals surface area contributed by atoms with E-state index in [1.807, 2.05) is 39.0 Å². The van der Waals surface area contributed by atoms with Crippen LogP contribution in [0.25, 0.3) is 17.1 Å². The number of pyridine rings is 1. The SMILES string of the molecule is Cc1cc(C)n2nc(C)c(C(=O)N3CCc4oc(-c5cccnc5)nc4C3)c2n1. The number of rotatable bonds is 2. The Balaban J connectivity index is 1.48. The van der Waals surface area contributed by atoms with Gasteiger partial charge in [0.25, 0.3) is 5.91 Å². The fraction of sp³-hybridized carbons (Fsp3) is 0.286. The molecule has 29 heavy (non-hydrogen) atoms. The number of hydrogen-bond acceptors (Lipinski definition) is 6. The van der Waals surface area contributed by atoms with Crippen LogP contribution < -0.4 is 0 Å². The van der Waals surface area contributed by atoms with Crippen LogP contribution in [-0.4, -0.2) is 41.9 Å². The second-order valence-electron chi connectivity index (χ2n) is 7.34. The van der Waals surface area contributed by atoms with Crippen molar-refractivity contribution >= 4 is 11.6 Å². The van der Waals surface area contributed by atoms with E-state index < -0.39 is 0 Å². The lowest BCUT2D eigenvalue weighted by Crippen LogP contribution is -2.36. The molecule has 4 aromatic rings. The Morgan fingerprint density at radius 3 is 2.86 bits per heavy atom. The van der Waals surface area contributed by atoms with E-state index in [0.29, 0.717) is 42.3 Å². The molecule has 1 aliphatic heterocycles. The highest BCUT2D eigenvalue weighted by atomic mass is 16.4. The smallest absolute Gasteiger partial charge is 0.259 e. The maximum Gasteiger partial charge on any atom is 0.259 e. The first kappa shape index (κ1) is 17.5. The molecule has 8 heteroatoms. The van der Waals surface area contributed by atoms with E-state index in [2.05, 4.69) is 20.1 Å². The molecule has 0 fully saturated rings. The number of carbonyl (C=O) groups is 1. The van der Waals surface area contributed by atoms with Crippen molar-refractivity contribution in [3.05, 3.63) is 64.7 Å². The number of carbonyl (C=O) groups excluding carboxylic acids is 1. The van der Waals surface area contributed by atoms with Crippen molar-refractivity contribution in [1.82, 2.24) is 29.5 Å². The first-order valence-electron chi connectivity index (χ1n) is 9.53. The monoisotopic (exact) mass is 388 g/mol. The van der Waals surface area contributed by atoms with Crippen molar-refractivity contribution in [2.45, 2.75) is 33.7 Å². The van der Waals surface area contributed by atoms with Gasteiger partial charge in [0.1, 0.15) is 17.0 Å². The van der Waals surface area contributed by atoms with E-state index in [-0.39, 0.29) is 5.91 Å². The van der Waals surface area contributed by atoms with Crippen LogP contribution in [0.15, 0.2) is 35.0 Å². The lowest BCUT2D eigenvalue weighted by Gasteiger charge is -2.25. The van der Waals surface area contributed by atoms with E-state index in [1.54, 1.807) is 21.8 Å². The quantitative estimate of drug-likeness (QED) is 0.525. The summed E-state index contributed by atoms with van der Waals surface area (Å²) in [5, 5.41) is 4.52. The topological polar surface area (TPSA) is 89.4 Å². The minimum absolute atomic E-state index is 0.0772. The highest BCUT2D eigenvalue weighted by molar-refractivity contribution is 6.01. The molecule has 5 rings (SSSR count).